The molecule has 98 valence electrons. The summed E-state index contributed by atoms with van der Waals surface area (Å²) in [5.74, 6) is 0.352. The van der Waals surface area contributed by atoms with Gasteiger partial charge in [-0.1, -0.05) is 42.5 Å². The van der Waals surface area contributed by atoms with Gasteiger partial charge in [-0.3, -0.25) is 5.14 Å². The molecular formula is C14H14N2OS2. The second kappa shape index (κ2) is 6.65. The van der Waals surface area contributed by atoms with Crippen LogP contribution in [-0.2, 0) is 4.79 Å². The van der Waals surface area contributed by atoms with E-state index in [1.165, 1.54) is 11.8 Å². The smallest absolute Gasteiger partial charge is 0.130 e. The van der Waals surface area contributed by atoms with E-state index in [9.17, 15) is 4.79 Å². The lowest BCUT2D eigenvalue weighted by Crippen LogP contribution is -2.01. The number of thioether (sulfide) groups is 1. The highest BCUT2D eigenvalue weighted by atomic mass is 32.2. The predicted octanol–water partition coefficient (Wildman–Crippen LogP) is 2.96. The Morgan fingerprint density at radius 1 is 1.16 bits per heavy atom. The van der Waals surface area contributed by atoms with E-state index in [4.69, 9.17) is 10.9 Å². The molecule has 3 nitrogen and oxygen atoms in total. The molecule has 0 amide bonds. The maximum atomic E-state index is 10.5. The van der Waals surface area contributed by atoms with Gasteiger partial charge in [-0.25, -0.2) is 0 Å². The number of hydrogen-bond donors (Lipinski definition) is 2. The normalized spacial score (nSPS) is 12.3. The van der Waals surface area contributed by atoms with E-state index < -0.39 is 0 Å². The van der Waals surface area contributed by atoms with Gasteiger partial charge < -0.3 is 10.5 Å². The van der Waals surface area contributed by atoms with Gasteiger partial charge in [-0.2, -0.15) is 0 Å². The fourth-order valence-corrected chi connectivity index (χ4v) is 3.05. The van der Waals surface area contributed by atoms with Crippen LogP contribution in [0.4, 0.5) is 0 Å². The van der Waals surface area contributed by atoms with Gasteiger partial charge in [-0.05, 0) is 22.7 Å². The van der Waals surface area contributed by atoms with Crippen LogP contribution in [0.1, 0.15) is 5.56 Å². The van der Waals surface area contributed by atoms with Crippen LogP contribution in [0.15, 0.2) is 46.7 Å². The zero-order valence-electron chi connectivity index (χ0n) is 10.2. The van der Waals surface area contributed by atoms with Gasteiger partial charge in [0.2, 0.25) is 0 Å². The third-order valence-corrected chi connectivity index (χ3v) is 4.55. The molecule has 0 saturated heterocycles. The lowest BCUT2D eigenvalue weighted by molar-refractivity contribution is -0.105. The van der Waals surface area contributed by atoms with Crippen molar-refractivity contribution in [2.45, 2.75) is 0 Å². The molecule has 19 heavy (non-hydrogen) atoms. The van der Waals surface area contributed by atoms with Crippen molar-refractivity contribution < 1.29 is 4.79 Å². The van der Waals surface area contributed by atoms with Crippen molar-refractivity contribution in [3.63, 3.8) is 0 Å². The minimum Gasteiger partial charge on any atom is -0.397 e. The third-order valence-electron chi connectivity index (χ3n) is 2.69. The molecular weight excluding hydrogens is 276 g/mol. The van der Waals surface area contributed by atoms with Crippen molar-refractivity contribution in [2.24, 2.45) is 10.9 Å². The zero-order chi connectivity index (χ0) is 13.7. The fourth-order valence-electron chi connectivity index (χ4n) is 1.86. The number of aldehydes is 1. The third kappa shape index (κ3) is 3.12. The first-order valence-electron chi connectivity index (χ1n) is 5.69. The summed E-state index contributed by atoms with van der Waals surface area (Å²) in [5.41, 5.74) is 7.77. The number of rotatable bonds is 5. The molecule has 0 aliphatic carbocycles. The Kier molecular flexibility index (Phi) is 4.90. The summed E-state index contributed by atoms with van der Waals surface area (Å²) in [7, 11) is 0. The van der Waals surface area contributed by atoms with Crippen LogP contribution in [0.25, 0.3) is 16.5 Å². The van der Waals surface area contributed by atoms with Crippen LogP contribution in [0, 0.1) is 0 Å². The summed E-state index contributed by atoms with van der Waals surface area (Å²) in [5, 5.41) is 7.85. The van der Waals surface area contributed by atoms with Crippen molar-refractivity contribution in [3.8, 4) is 0 Å². The largest absolute Gasteiger partial charge is 0.397 e. The van der Waals surface area contributed by atoms with Crippen LogP contribution < -0.4 is 10.9 Å². The number of carbonyl (C=O) groups excluding carboxylic acids is 1. The molecule has 0 aliphatic heterocycles. The summed E-state index contributed by atoms with van der Waals surface area (Å²) in [6, 6.07) is 14.0. The first-order chi connectivity index (χ1) is 9.27. The van der Waals surface area contributed by atoms with E-state index in [0.717, 1.165) is 38.8 Å². The molecule has 0 saturated carbocycles. The average molecular weight is 290 g/mol. The minimum atomic E-state index is 0.352. The van der Waals surface area contributed by atoms with Gasteiger partial charge in [0.15, 0.2) is 0 Å². The van der Waals surface area contributed by atoms with E-state index in [-0.39, 0.29) is 0 Å². The molecule has 0 atom stereocenters. The second-order valence-electron chi connectivity index (χ2n) is 3.82. The van der Waals surface area contributed by atoms with E-state index in [1.807, 2.05) is 42.5 Å². The molecule has 0 unspecified atom stereocenters. The standard InChI is InChI=1S/C14H14N2OS2/c15-13(14(19-16)18-9-8-17)12-7-3-5-10-4-1-2-6-11(10)12/h1-8H,9,15-16H2/b14-13-. The Balaban J connectivity index is 2.53. The Bertz CT molecular complexity index is 620. The minimum absolute atomic E-state index is 0.352. The predicted molar refractivity (Wildman–Crippen MR) is 85.4 cm³/mol. The first kappa shape index (κ1) is 14.0. The molecule has 4 N–H and O–H groups in total. The van der Waals surface area contributed by atoms with Crippen molar-refractivity contribution in [3.05, 3.63) is 52.3 Å². The van der Waals surface area contributed by atoms with Crippen molar-refractivity contribution in [1.29, 1.82) is 0 Å². The maximum Gasteiger partial charge on any atom is 0.130 e. The number of carbonyl (C=O) groups is 1. The molecule has 0 aromatic heterocycles. The highest BCUT2D eigenvalue weighted by Gasteiger charge is 2.09. The Morgan fingerprint density at radius 3 is 2.63 bits per heavy atom. The van der Waals surface area contributed by atoms with Gasteiger partial charge in [-0.15, -0.1) is 11.8 Å². The molecule has 2 rings (SSSR count). The van der Waals surface area contributed by atoms with Crippen LogP contribution in [-0.4, -0.2) is 12.0 Å². The molecule has 2 aromatic carbocycles. The van der Waals surface area contributed by atoms with Gasteiger partial charge in [0.25, 0.3) is 0 Å². The van der Waals surface area contributed by atoms with Gasteiger partial charge in [0.05, 0.1) is 15.7 Å². The molecule has 0 bridgehead atoms. The van der Waals surface area contributed by atoms with Gasteiger partial charge in [0.1, 0.15) is 6.29 Å². The van der Waals surface area contributed by atoms with Crippen LogP contribution >= 0.6 is 23.7 Å². The van der Waals surface area contributed by atoms with Gasteiger partial charge >= 0.3 is 0 Å². The summed E-state index contributed by atoms with van der Waals surface area (Å²) >= 11 is 2.44. The molecule has 0 heterocycles. The fraction of sp³-hybridized carbons (Fsp3) is 0.0714. The summed E-state index contributed by atoms with van der Waals surface area (Å²) in [4.78, 5) is 10.5. The highest BCUT2D eigenvalue weighted by molar-refractivity contribution is 8.21. The molecule has 0 fully saturated rings. The summed E-state index contributed by atoms with van der Waals surface area (Å²) in [6.07, 6.45) is 0.845. The van der Waals surface area contributed by atoms with E-state index in [0.29, 0.717) is 11.4 Å². The number of fused-ring (bicyclic) bond motifs is 1. The van der Waals surface area contributed by atoms with Crippen molar-refractivity contribution >= 4 is 46.5 Å². The summed E-state index contributed by atoms with van der Waals surface area (Å²) in [6.45, 7) is 0. The average Bonchev–Trinajstić information content (AvgIpc) is 2.47. The van der Waals surface area contributed by atoms with Crippen molar-refractivity contribution in [2.75, 3.05) is 5.75 Å². The van der Waals surface area contributed by atoms with E-state index >= 15 is 0 Å². The quantitative estimate of drug-likeness (QED) is 0.654. The highest BCUT2D eigenvalue weighted by Crippen LogP contribution is 2.32. The lowest BCUT2D eigenvalue weighted by atomic mass is 10.0. The first-order valence-corrected chi connectivity index (χ1v) is 7.55. The molecule has 0 aliphatic rings. The number of benzene rings is 2. The molecule has 2 aromatic rings. The lowest BCUT2D eigenvalue weighted by Gasteiger charge is -2.10. The molecule has 0 spiro atoms. The zero-order valence-corrected chi connectivity index (χ0v) is 11.8. The monoisotopic (exact) mass is 290 g/mol. The Morgan fingerprint density at radius 2 is 1.89 bits per heavy atom. The van der Waals surface area contributed by atoms with Crippen LogP contribution in [0.2, 0.25) is 0 Å². The number of nitrogens with two attached hydrogens (primary N) is 2. The van der Waals surface area contributed by atoms with Gasteiger partial charge in [0, 0.05) is 5.56 Å². The van der Waals surface area contributed by atoms with E-state index in [1.54, 1.807) is 0 Å². The van der Waals surface area contributed by atoms with Crippen molar-refractivity contribution in [1.82, 2.24) is 0 Å². The molecule has 0 radical (unpaired) electrons. The second-order valence-corrected chi connectivity index (χ2v) is 5.76. The maximum absolute atomic E-state index is 10.5. The summed E-state index contributed by atoms with van der Waals surface area (Å²) < 4.78 is 0.767. The topological polar surface area (TPSA) is 69.1 Å². The van der Waals surface area contributed by atoms with E-state index in [2.05, 4.69) is 0 Å². The van der Waals surface area contributed by atoms with Crippen LogP contribution in [0.5, 0.6) is 0 Å². The SMILES string of the molecule is NS/C(SCC=O)=C(\N)c1cccc2ccccc12. The molecule has 5 heteroatoms. The Labute approximate surface area is 120 Å². The van der Waals surface area contributed by atoms with Crippen LogP contribution in [0.3, 0.4) is 0 Å². The number of hydrogen-bond acceptors (Lipinski definition) is 5. The Hall–Kier alpha value is -1.43.